The van der Waals surface area contributed by atoms with Crippen LogP contribution in [0.5, 0.6) is 11.5 Å². The Kier molecular flexibility index (Phi) is 5.69. The van der Waals surface area contributed by atoms with Crippen LogP contribution in [-0.2, 0) is 10.0 Å². The second kappa shape index (κ2) is 8.52. The van der Waals surface area contributed by atoms with E-state index in [-0.39, 0.29) is 28.3 Å². The zero-order valence-corrected chi connectivity index (χ0v) is 19.2. The van der Waals surface area contributed by atoms with Gasteiger partial charge in [-0.1, -0.05) is 22.9 Å². The van der Waals surface area contributed by atoms with E-state index in [4.69, 9.17) is 21.1 Å². The van der Waals surface area contributed by atoms with Gasteiger partial charge in [0.05, 0.1) is 16.0 Å². The van der Waals surface area contributed by atoms with Crippen LogP contribution >= 0.6 is 22.9 Å². The largest absolute Gasteiger partial charge is 0.454 e. The quantitative estimate of drug-likeness (QED) is 0.555. The third-order valence-corrected chi connectivity index (χ3v) is 8.47. The van der Waals surface area contributed by atoms with Crippen molar-refractivity contribution in [2.45, 2.75) is 23.8 Å². The molecule has 0 saturated carbocycles. The van der Waals surface area contributed by atoms with Gasteiger partial charge in [-0.15, -0.1) is 10.2 Å². The van der Waals surface area contributed by atoms with Gasteiger partial charge >= 0.3 is 0 Å². The Hall–Kier alpha value is -2.80. The lowest BCUT2D eigenvalue weighted by Gasteiger charge is -2.22. The van der Waals surface area contributed by atoms with Gasteiger partial charge in [0.2, 0.25) is 21.8 Å². The average Bonchev–Trinajstić information content (AvgIpc) is 3.54. The second-order valence-electron chi connectivity index (χ2n) is 7.32. The normalized spacial score (nSPS) is 17.9. The van der Waals surface area contributed by atoms with Gasteiger partial charge in [0.15, 0.2) is 11.5 Å². The van der Waals surface area contributed by atoms with E-state index in [1.165, 1.54) is 10.4 Å². The van der Waals surface area contributed by atoms with Crippen LogP contribution in [0.3, 0.4) is 0 Å². The zero-order valence-electron chi connectivity index (χ0n) is 16.8. The molecule has 172 valence electrons. The first-order valence-corrected chi connectivity index (χ1v) is 12.5. The molecular weight excluding hydrogens is 495 g/mol. The molecular formula is C20H16ClFN4O5S2. The summed E-state index contributed by atoms with van der Waals surface area (Å²) in [6, 6.07) is 7.70. The summed E-state index contributed by atoms with van der Waals surface area (Å²) in [5.74, 6) is -0.0548. The standard InChI is InChI=1S/C20H16ClFN4O5S2/c21-13-9-12(4-5-14(13)22)33(28,29)26-7-1-2-15(26)19-24-25-20(32-19)18(27)23-11-3-6-16-17(8-11)31-10-30-16/h3-6,8-9,15H,1-2,7,10H2,(H,23,27). The number of halogens is 2. The van der Waals surface area contributed by atoms with Gasteiger partial charge in [-0.25, -0.2) is 12.8 Å². The predicted molar refractivity (Wildman–Crippen MR) is 118 cm³/mol. The van der Waals surface area contributed by atoms with Crippen LogP contribution in [0.15, 0.2) is 41.3 Å². The number of benzene rings is 2. The van der Waals surface area contributed by atoms with Crippen molar-refractivity contribution in [2.75, 3.05) is 18.7 Å². The van der Waals surface area contributed by atoms with Gasteiger partial charge < -0.3 is 14.8 Å². The molecule has 1 fully saturated rings. The third kappa shape index (κ3) is 4.14. The topological polar surface area (TPSA) is 111 Å². The van der Waals surface area contributed by atoms with Crippen molar-refractivity contribution in [3.63, 3.8) is 0 Å². The minimum atomic E-state index is -3.95. The Bertz CT molecular complexity index is 1350. The highest BCUT2D eigenvalue weighted by molar-refractivity contribution is 7.89. The number of carbonyl (C=O) groups excluding carboxylic acids is 1. The van der Waals surface area contributed by atoms with Crippen LogP contribution in [-0.4, -0.2) is 42.2 Å². The second-order valence-corrected chi connectivity index (χ2v) is 10.6. The van der Waals surface area contributed by atoms with Gasteiger partial charge in [0.1, 0.15) is 10.8 Å². The number of anilines is 1. The number of carbonyl (C=O) groups is 1. The number of rotatable bonds is 5. The van der Waals surface area contributed by atoms with E-state index in [2.05, 4.69) is 15.5 Å². The first-order chi connectivity index (χ1) is 15.8. The zero-order chi connectivity index (χ0) is 23.2. The Labute approximate surface area is 197 Å². The molecule has 1 saturated heterocycles. The molecule has 2 aliphatic heterocycles. The van der Waals surface area contributed by atoms with E-state index >= 15 is 0 Å². The summed E-state index contributed by atoms with van der Waals surface area (Å²) in [5.41, 5.74) is 0.499. The van der Waals surface area contributed by atoms with Crippen molar-refractivity contribution in [3.8, 4) is 11.5 Å². The summed E-state index contributed by atoms with van der Waals surface area (Å²) in [6.07, 6.45) is 1.13. The maximum Gasteiger partial charge on any atom is 0.286 e. The van der Waals surface area contributed by atoms with E-state index in [0.717, 1.165) is 23.5 Å². The number of fused-ring (bicyclic) bond motifs is 1. The number of hydrogen-bond acceptors (Lipinski definition) is 8. The molecule has 2 aromatic carbocycles. The molecule has 0 radical (unpaired) electrons. The van der Waals surface area contributed by atoms with E-state index < -0.39 is 27.8 Å². The minimum absolute atomic E-state index is 0.0942. The van der Waals surface area contributed by atoms with E-state index in [1.54, 1.807) is 18.2 Å². The van der Waals surface area contributed by atoms with E-state index in [1.807, 2.05) is 0 Å². The number of hydrogen-bond donors (Lipinski definition) is 1. The molecule has 1 aromatic heterocycles. The van der Waals surface area contributed by atoms with Crippen molar-refractivity contribution >= 4 is 44.6 Å². The molecule has 33 heavy (non-hydrogen) atoms. The highest BCUT2D eigenvalue weighted by atomic mass is 35.5. The minimum Gasteiger partial charge on any atom is -0.454 e. The molecule has 2 aliphatic rings. The van der Waals surface area contributed by atoms with Crippen molar-refractivity contribution in [1.29, 1.82) is 0 Å². The fourth-order valence-electron chi connectivity index (χ4n) is 3.67. The number of nitrogens with zero attached hydrogens (tertiary/aromatic N) is 3. The molecule has 0 spiro atoms. The molecule has 0 bridgehead atoms. The van der Waals surface area contributed by atoms with Crippen molar-refractivity contribution < 1.29 is 27.1 Å². The lowest BCUT2D eigenvalue weighted by atomic mass is 10.2. The Morgan fingerprint density at radius 3 is 2.82 bits per heavy atom. The van der Waals surface area contributed by atoms with Gasteiger partial charge in [-0.05, 0) is 43.2 Å². The van der Waals surface area contributed by atoms with Gasteiger partial charge in [0, 0.05) is 18.3 Å². The molecule has 9 nitrogen and oxygen atoms in total. The fraction of sp³-hybridized carbons (Fsp3) is 0.250. The lowest BCUT2D eigenvalue weighted by molar-refractivity contribution is 0.102. The van der Waals surface area contributed by atoms with Crippen LogP contribution < -0.4 is 14.8 Å². The first kappa shape index (κ1) is 22.0. The van der Waals surface area contributed by atoms with Crippen molar-refractivity contribution in [3.05, 3.63) is 57.3 Å². The van der Waals surface area contributed by atoms with E-state index in [0.29, 0.717) is 35.0 Å². The smallest absolute Gasteiger partial charge is 0.286 e. The molecule has 13 heteroatoms. The average molecular weight is 511 g/mol. The molecule has 5 rings (SSSR count). The maximum absolute atomic E-state index is 13.5. The van der Waals surface area contributed by atoms with Gasteiger partial charge in [-0.3, -0.25) is 4.79 Å². The highest BCUT2D eigenvalue weighted by Gasteiger charge is 2.38. The lowest BCUT2D eigenvalue weighted by Crippen LogP contribution is -2.30. The molecule has 0 aliphatic carbocycles. The summed E-state index contributed by atoms with van der Waals surface area (Å²) in [5, 5.41) is 11.0. The van der Waals surface area contributed by atoms with E-state index in [9.17, 15) is 17.6 Å². The van der Waals surface area contributed by atoms with Crippen molar-refractivity contribution in [1.82, 2.24) is 14.5 Å². The summed E-state index contributed by atoms with van der Waals surface area (Å²) < 4.78 is 51.7. The molecule has 1 atom stereocenters. The molecule has 1 amide bonds. The first-order valence-electron chi connectivity index (χ1n) is 9.84. The Morgan fingerprint density at radius 1 is 1.18 bits per heavy atom. The fourth-order valence-corrected chi connectivity index (χ4v) is 6.55. The molecule has 1 unspecified atom stereocenters. The van der Waals surface area contributed by atoms with Crippen LogP contribution in [0.2, 0.25) is 5.02 Å². The summed E-state index contributed by atoms with van der Waals surface area (Å²) in [4.78, 5) is 12.5. The summed E-state index contributed by atoms with van der Waals surface area (Å²) in [7, 11) is -3.95. The molecule has 1 N–H and O–H groups in total. The number of aromatic nitrogens is 2. The maximum atomic E-state index is 13.5. The Morgan fingerprint density at radius 2 is 2.00 bits per heavy atom. The highest BCUT2D eigenvalue weighted by Crippen LogP contribution is 2.39. The van der Waals surface area contributed by atoms with Crippen LogP contribution in [0.1, 0.15) is 33.7 Å². The van der Waals surface area contributed by atoms with Crippen LogP contribution in [0, 0.1) is 5.82 Å². The Balaban J connectivity index is 1.35. The third-order valence-electron chi connectivity index (χ3n) is 5.25. The van der Waals surface area contributed by atoms with Crippen molar-refractivity contribution in [2.24, 2.45) is 0 Å². The number of ether oxygens (including phenoxy) is 2. The number of sulfonamides is 1. The predicted octanol–water partition coefficient (Wildman–Crippen LogP) is 3.84. The van der Waals surface area contributed by atoms with Crippen LogP contribution in [0.4, 0.5) is 10.1 Å². The summed E-state index contributed by atoms with van der Waals surface area (Å²) in [6.45, 7) is 0.387. The number of nitrogens with one attached hydrogen (secondary N) is 1. The molecule has 3 heterocycles. The van der Waals surface area contributed by atoms with Gasteiger partial charge in [-0.2, -0.15) is 4.31 Å². The van der Waals surface area contributed by atoms with Gasteiger partial charge in [0.25, 0.3) is 5.91 Å². The van der Waals surface area contributed by atoms with Crippen LogP contribution in [0.25, 0.3) is 0 Å². The SMILES string of the molecule is O=C(Nc1ccc2c(c1)OCO2)c1nnc(C2CCCN2S(=O)(=O)c2ccc(F)c(Cl)c2)s1. The summed E-state index contributed by atoms with van der Waals surface area (Å²) >= 11 is 6.80. The number of amides is 1. The molecule has 3 aromatic rings. The monoisotopic (exact) mass is 510 g/mol.